The Labute approximate surface area is 253 Å². The Morgan fingerprint density at radius 2 is 1.60 bits per heavy atom. The molecule has 2 amide bonds. The zero-order valence-corrected chi connectivity index (χ0v) is 27.8. The largest absolute Gasteiger partial charge is 0.542 e. The average molecular weight is 592 g/mol. The maximum atomic E-state index is 13.0. The van der Waals surface area contributed by atoms with Crippen LogP contribution in [0.1, 0.15) is 89.7 Å². The predicted molar refractivity (Wildman–Crippen MR) is 170 cm³/mol. The molecule has 1 saturated heterocycles. The van der Waals surface area contributed by atoms with Crippen molar-refractivity contribution in [3.63, 3.8) is 0 Å². The molecule has 1 fully saturated rings. The van der Waals surface area contributed by atoms with Crippen molar-refractivity contribution in [1.29, 1.82) is 0 Å². The van der Waals surface area contributed by atoms with Gasteiger partial charge in [-0.05, 0) is 93.7 Å². The number of carbonyl (C=O) groups is 2. The maximum Gasteiger partial charge on any atom is 0.410 e. The SMILES string of the molecule is CCN(CC)C(=O)c1ccc(C2=CC3(CCN(C(=O)OC(C)(C)C)CC3)Oc3ccc(O[Si](C)C(C)(C)C)cc32)cc1. The third-order valence-corrected chi connectivity index (χ3v) is 10.7. The van der Waals surface area contributed by atoms with Crippen LogP contribution in [-0.2, 0) is 4.74 Å². The van der Waals surface area contributed by atoms with E-state index >= 15 is 0 Å². The number of rotatable bonds is 6. The van der Waals surface area contributed by atoms with Crippen LogP contribution in [0.5, 0.6) is 11.5 Å². The van der Waals surface area contributed by atoms with Crippen LogP contribution in [0.3, 0.4) is 0 Å². The summed E-state index contributed by atoms with van der Waals surface area (Å²) >= 11 is 0. The lowest BCUT2D eigenvalue weighted by atomic mass is 9.82. The van der Waals surface area contributed by atoms with Crippen LogP contribution in [0.2, 0.25) is 11.6 Å². The van der Waals surface area contributed by atoms with Crippen LogP contribution in [0.15, 0.2) is 48.5 Å². The van der Waals surface area contributed by atoms with Gasteiger partial charge in [0.1, 0.15) is 22.7 Å². The van der Waals surface area contributed by atoms with Gasteiger partial charge in [-0.3, -0.25) is 4.79 Å². The second kappa shape index (κ2) is 12.2. The summed E-state index contributed by atoms with van der Waals surface area (Å²) in [5, 5.41) is 0.0924. The minimum Gasteiger partial charge on any atom is -0.542 e. The van der Waals surface area contributed by atoms with Gasteiger partial charge in [0.25, 0.3) is 14.9 Å². The summed E-state index contributed by atoms with van der Waals surface area (Å²) in [6.07, 6.45) is 3.23. The molecule has 8 heteroatoms. The highest BCUT2D eigenvalue weighted by Gasteiger charge is 2.41. The first-order chi connectivity index (χ1) is 19.6. The van der Waals surface area contributed by atoms with E-state index < -0.39 is 20.2 Å². The first-order valence-corrected chi connectivity index (χ1v) is 17.0. The summed E-state index contributed by atoms with van der Waals surface area (Å²) in [4.78, 5) is 29.3. The summed E-state index contributed by atoms with van der Waals surface area (Å²) < 4.78 is 18.8. The number of amides is 2. The minimum absolute atomic E-state index is 0.0365. The molecule has 0 aliphatic carbocycles. The standard InChI is InChI=1S/C34H47N2O5Si/c1-10-35(11-2)30(37)25-14-12-24(13-15-25)28-23-34(18-20-36(21-19-34)31(38)40-32(3,4)5)39-29-17-16-26(22-27(28)29)41-42(9)33(6,7)8/h12-17,22-23H,10-11,18-21H2,1-9H3. The lowest BCUT2D eigenvalue weighted by molar-refractivity contribution is -0.00118. The van der Waals surface area contributed by atoms with Crippen LogP contribution in [-0.4, -0.2) is 68.2 Å². The van der Waals surface area contributed by atoms with Gasteiger partial charge in [0, 0.05) is 50.1 Å². The molecule has 0 N–H and O–H groups in total. The van der Waals surface area contributed by atoms with E-state index in [0.29, 0.717) is 44.6 Å². The smallest absolute Gasteiger partial charge is 0.410 e. The molecule has 227 valence electrons. The summed E-state index contributed by atoms with van der Waals surface area (Å²) in [5.74, 6) is 1.67. The monoisotopic (exact) mass is 591 g/mol. The maximum absolute atomic E-state index is 13.0. The van der Waals surface area contributed by atoms with E-state index in [0.717, 1.165) is 28.2 Å². The van der Waals surface area contributed by atoms with Crippen LogP contribution in [0.25, 0.3) is 5.57 Å². The van der Waals surface area contributed by atoms with Gasteiger partial charge in [-0.15, -0.1) is 0 Å². The molecule has 7 nitrogen and oxygen atoms in total. The van der Waals surface area contributed by atoms with E-state index in [1.807, 2.05) is 75.9 Å². The second-order valence-electron chi connectivity index (χ2n) is 13.3. The molecule has 1 spiro atoms. The lowest BCUT2D eigenvalue weighted by Crippen LogP contribution is -2.50. The fourth-order valence-electron chi connectivity index (χ4n) is 5.16. The third kappa shape index (κ3) is 7.20. The van der Waals surface area contributed by atoms with Crippen molar-refractivity contribution in [3.8, 4) is 11.5 Å². The van der Waals surface area contributed by atoms with Gasteiger partial charge in [0.05, 0.1) is 0 Å². The van der Waals surface area contributed by atoms with Gasteiger partial charge in [-0.2, -0.15) is 0 Å². The fraction of sp³-hybridized carbons (Fsp3) is 0.529. The van der Waals surface area contributed by atoms with E-state index in [4.69, 9.17) is 13.9 Å². The molecule has 0 unspecified atom stereocenters. The highest BCUT2D eigenvalue weighted by molar-refractivity contribution is 6.54. The van der Waals surface area contributed by atoms with Gasteiger partial charge in [0.15, 0.2) is 0 Å². The number of likely N-dealkylation sites (tertiary alicyclic amines) is 1. The molecule has 4 rings (SSSR count). The van der Waals surface area contributed by atoms with E-state index in [1.165, 1.54) is 0 Å². The Kier molecular flexibility index (Phi) is 9.16. The van der Waals surface area contributed by atoms with Crippen LogP contribution < -0.4 is 9.16 Å². The summed E-state index contributed by atoms with van der Waals surface area (Å²) in [7, 11) is -1.10. The van der Waals surface area contributed by atoms with Gasteiger partial charge in [-0.25, -0.2) is 4.79 Å². The molecule has 0 aromatic heterocycles. The zero-order valence-electron chi connectivity index (χ0n) is 26.8. The first kappa shape index (κ1) is 31.7. The number of fused-ring (bicyclic) bond motifs is 1. The molecule has 0 saturated carbocycles. The lowest BCUT2D eigenvalue weighted by Gasteiger charge is -2.43. The van der Waals surface area contributed by atoms with Crippen LogP contribution in [0, 0.1) is 0 Å². The topological polar surface area (TPSA) is 68.3 Å². The van der Waals surface area contributed by atoms with E-state index in [-0.39, 0.29) is 17.0 Å². The molecular formula is C34H47N2O5Si. The van der Waals surface area contributed by atoms with Crippen molar-refractivity contribution < 1.29 is 23.5 Å². The number of hydrogen-bond acceptors (Lipinski definition) is 5. The molecule has 0 bridgehead atoms. The number of hydrogen-bond donors (Lipinski definition) is 0. The van der Waals surface area contributed by atoms with Crippen molar-refractivity contribution in [2.45, 2.75) is 91.0 Å². The summed E-state index contributed by atoms with van der Waals surface area (Å²) in [6.45, 7) is 20.9. The van der Waals surface area contributed by atoms with Crippen LogP contribution in [0.4, 0.5) is 4.79 Å². The molecular weight excluding hydrogens is 544 g/mol. The number of piperidine rings is 1. The normalized spacial score (nSPS) is 16.4. The van der Waals surface area contributed by atoms with Gasteiger partial charge < -0.3 is 23.7 Å². The number of ether oxygens (including phenoxy) is 2. The van der Waals surface area contributed by atoms with Gasteiger partial charge in [0.2, 0.25) is 0 Å². The molecule has 2 heterocycles. The highest BCUT2D eigenvalue weighted by Crippen LogP contribution is 2.45. The van der Waals surface area contributed by atoms with E-state index in [1.54, 1.807) is 4.90 Å². The average Bonchev–Trinajstić information content (AvgIpc) is 2.92. The number of carbonyl (C=O) groups excluding carboxylic acids is 2. The van der Waals surface area contributed by atoms with Crippen molar-refractivity contribution in [2.24, 2.45) is 0 Å². The Morgan fingerprint density at radius 3 is 2.14 bits per heavy atom. The molecule has 2 aliphatic rings. The fourth-order valence-corrected chi connectivity index (χ4v) is 5.94. The van der Waals surface area contributed by atoms with Crippen LogP contribution >= 0.6 is 0 Å². The minimum atomic E-state index is -1.10. The highest BCUT2D eigenvalue weighted by atomic mass is 28.3. The summed E-state index contributed by atoms with van der Waals surface area (Å²) in [6, 6.07) is 14.0. The van der Waals surface area contributed by atoms with Crippen molar-refractivity contribution in [2.75, 3.05) is 26.2 Å². The molecule has 2 aliphatic heterocycles. The third-order valence-electron chi connectivity index (χ3n) is 8.04. The second-order valence-corrected chi connectivity index (χ2v) is 16.1. The van der Waals surface area contributed by atoms with Crippen molar-refractivity contribution >= 4 is 26.6 Å². The van der Waals surface area contributed by atoms with Gasteiger partial charge in [-0.1, -0.05) is 32.9 Å². The summed E-state index contributed by atoms with van der Waals surface area (Å²) in [5.41, 5.74) is 2.62. The Hall–Kier alpha value is -3.26. The van der Waals surface area contributed by atoms with Gasteiger partial charge >= 0.3 is 6.09 Å². The molecule has 2 aromatic carbocycles. The van der Waals surface area contributed by atoms with E-state index in [2.05, 4.69) is 39.5 Å². The van der Waals surface area contributed by atoms with Crippen molar-refractivity contribution in [3.05, 3.63) is 65.2 Å². The Balaban J connectivity index is 1.68. The van der Waals surface area contributed by atoms with Crippen molar-refractivity contribution in [1.82, 2.24) is 9.80 Å². The molecule has 1 radical (unpaired) electrons. The van der Waals surface area contributed by atoms with E-state index in [9.17, 15) is 9.59 Å². The number of nitrogens with zero attached hydrogens (tertiary/aromatic N) is 2. The number of benzene rings is 2. The Morgan fingerprint density at radius 1 is 0.976 bits per heavy atom. The first-order valence-electron chi connectivity index (χ1n) is 15.1. The molecule has 2 aromatic rings. The predicted octanol–water partition coefficient (Wildman–Crippen LogP) is 7.56. The molecule has 42 heavy (non-hydrogen) atoms. The Bertz CT molecular complexity index is 1310. The zero-order chi connectivity index (χ0) is 30.9. The quantitative estimate of drug-likeness (QED) is 0.324. The molecule has 0 atom stereocenters.